The van der Waals surface area contributed by atoms with E-state index in [1.165, 1.54) is 72.0 Å². The molecule has 0 radical (unpaired) electrons. The number of rotatable bonds is 11. The van der Waals surface area contributed by atoms with Crippen molar-refractivity contribution in [2.24, 2.45) is 0 Å². The van der Waals surface area contributed by atoms with Crippen molar-refractivity contribution in [2.45, 2.75) is 46.1 Å². The van der Waals surface area contributed by atoms with Gasteiger partial charge in [0.25, 0.3) is 0 Å². The minimum atomic E-state index is 0.462. The molecule has 3 nitrogen and oxygen atoms in total. The van der Waals surface area contributed by atoms with Crippen LogP contribution in [0.15, 0.2) is 158 Å². The number of ether oxygens (including phenoxy) is 1. The molecule has 7 aromatic carbocycles. The Hall–Kier alpha value is -6.06. The number of aryl methyl sites for hydroxylation is 2. The van der Waals surface area contributed by atoms with Crippen molar-refractivity contribution >= 4 is 27.5 Å². The van der Waals surface area contributed by atoms with Crippen molar-refractivity contribution in [3.05, 3.63) is 174 Å². The molecule has 0 saturated carbocycles. The average Bonchev–Trinajstić information content (AvgIpc) is 3.51. The van der Waals surface area contributed by atoms with Crippen LogP contribution in [0.25, 0.3) is 60.9 Å². The van der Waals surface area contributed by atoms with Gasteiger partial charge in [-0.2, -0.15) is 0 Å². The topological polar surface area (TPSA) is 40.2 Å². The van der Waals surface area contributed by atoms with Gasteiger partial charge in [0.05, 0.1) is 16.7 Å². The highest BCUT2D eigenvalue weighted by Gasteiger charge is 2.16. The van der Waals surface area contributed by atoms with Crippen molar-refractivity contribution in [3.63, 3.8) is 0 Å². The van der Waals surface area contributed by atoms with Gasteiger partial charge in [0.1, 0.15) is 12.4 Å². The normalized spacial score (nSPS) is 11.3. The van der Waals surface area contributed by atoms with Crippen LogP contribution in [0.5, 0.6) is 5.75 Å². The standard InChI is InChI=1S/C49H44N2O/c1-3-11-34-21-29-47-44(31-34)45-32-35(12-4-2)22-30-48(45)51(47)39-27-25-38(26-28-39)41-14-6-8-16-43(41)42-15-7-5-13-40(42)37-23-19-36(20-24-37)33-52-49-18-10-9-17-46(49)50/h5-10,13-32H,3-4,11-12,33,50H2,1-2H3. The summed E-state index contributed by atoms with van der Waals surface area (Å²) in [4.78, 5) is 0. The molecule has 3 heteroatoms. The molecule has 0 fully saturated rings. The van der Waals surface area contributed by atoms with E-state index in [0.717, 1.165) is 31.2 Å². The SMILES string of the molecule is CCCc1ccc2c(c1)c1cc(CCC)ccc1n2-c1ccc(-c2ccccc2-c2ccccc2-c2ccc(COc3ccccc3N)cc2)cc1. The lowest BCUT2D eigenvalue weighted by atomic mass is 9.89. The second-order valence-corrected chi connectivity index (χ2v) is 13.7. The van der Waals surface area contributed by atoms with Gasteiger partial charge in [0.2, 0.25) is 0 Å². The van der Waals surface area contributed by atoms with Crippen molar-refractivity contribution in [1.29, 1.82) is 0 Å². The Kier molecular flexibility index (Phi) is 9.33. The molecule has 52 heavy (non-hydrogen) atoms. The van der Waals surface area contributed by atoms with Crippen LogP contribution in [0.4, 0.5) is 5.69 Å². The smallest absolute Gasteiger partial charge is 0.142 e. The molecule has 0 spiro atoms. The third-order valence-electron chi connectivity index (χ3n) is 10.1. The van der Waals surface area contributed by atoms with E-state index in [1.807, 2.05) is 24.3 Å². The van der Waals surface area contributed by atoms with E-state index in [2.05, 4.69) is 152 Å². The number of nitrogen functional groups attached to an aromatic ring is 1. The fraction of sp³-hybridized carbons (Fsp3) is 0.143. The quantitative estimate of drug-likeness (QED) is 0.139. The molecule has 1 heterocycles. The summed E-state index contributed by atoms with van der Waals surface area (Å²) in [5.74, 6) is 0.707. The summed E-state index contributed by atoms with van der Waals surface area (Å²) >= 11 is 0. The van der Waals surface area contributed by atoms with E-state index in [-0.39, 0.29) is 0 Å². The third-order valence-corrected chi connectivity index (χ3v) is 10.1. The highest BCUT2D eigenvalue weighted by Crippen LogP contribution is 2.39. The predicted octanol–water partition coefficient (Wildman–Crippen LogP) is 12.9. The van der Waals surface area contributed by atoms with Gasteiger partial charge in [-0.05, 0) is 111 Å². The maximum absolute atomic E-state index is 6.08. The summed E-state index contributed by atoms with van der Waals surface area (Å²) in [6.07, 6.45) is 4.48. The van der Waals surface area contributed by atoms with Gasteiger partial charge < -0.3 is 15.0 Å². The summed E-state index contributed by atoms with van der Waals surface area (Å²) in [5, 5.41) is 2.68. The Morgan fingerprint density at radius 2 is 0.942 bits per heavy atom. The van der Waals surface area contributed by atoms with Gasteiger partial charge in [0.15, 0.2) is 0 Å². The van der Waals surface area contributed by atoms with Gasteiger partial charge in [-0.15, -0.1) is 0 Å². The fourth-order valence-electron chi connectivity index (χ4n) is 7.57. The molecule has 0 unspecified atom stereocenters. The van der Waals surface area contributed by atoms with Crippen LogP contribution in [0, 0.1) is 0 Å². The average molecular weight is 677 g/mol. The number of fused-ring (bicyclic) bond motifs is 3. The number of aromatic nitrogens is 1. The molecule has 256 valence electrons. The zero-order valence-corrected chi connectivity index (χ0v) is 30.0. The van der Waals surface area contributed by atoms with Crippen molar-refractivity contribution < 1.29 is 4.74 Å². The maximum Gasteiger partial charge on any atom is 0.142 e. The highest BCUT2D eigenvalue weighted by molar-refractivity contribution is 6.09. The van der Waals surface area contributed by atoms with Gasteiger partial charge in [0, 0.05) is 16.5 Å². The second kappa shape index (κ2) is 14.7. The van der Waals surface area contributed by atoms with E-state index >= 15 is 0 Å². The van der Waals surface area contributed by atoms with E-state index in [0.29, 0.717) is 18.0 Å². The predicted molar refractivity (Wildman–Crippen MR) is 220 cm³/mol. The molecule has 1 aromatic heterocycles. The lowest BCUT2D eigenvalue weighted by Gasteiger charge is -2.16. The number of para-hydroxylation sites is 2. The first-order valence-corrected chi connectivity index (χ1v) is 18.5. The lowest BCUT2D eigenvalue weighted by molar-refractivity contribution is 0.308. The van der Waals surface area contributed by atoms with Crippen LogP contribution in [0.3, 0.4) is 0 Å². The van der Waals surface area contributed by atoms with Crippen LogP contribution in [-0.2, 0) is 19.4 Å². The third kappa shape index (κ3) is 6.47. The van der Waals surface area contributed by atoms with Gasteiger partial charge >= 0.3 is 0 Å². The molecular weight excluding hydrogens is 633 g/mol. The summed E-state index contributed by atoms with van der Waals surface area (Å²) in [6, 6.07) is 56.9. The Balaban J connectivity index is 1.13. The maximum atomic E-state index is 6.08. The molecule has 0 aliphatic carbocycles. The minimum absolute atomic E-state index is 0.462. The highest BCUT2D eigenvalue weighted by atomic mass is 16.5. The number of anilines is 1. The molecule has 8 rings (SSSR count). The molecule has 0 amide bonds. The van der Waals surface area contributed by atoms with Crippen LogP contribution in [0.2, 0.25) is 0 Å². The monoisotopic (exact) mass is 676 g/mol. The fourth-order valence-corrected chi connectivity index (χ4v) is 7.57. The number of nitrogens with two attached hydrogens (primary N) is 1. The van der Waals surface area contributed by atoms with Crippen LogP contribution >= 0.6 is 0 Å². The van der Waals surface area contributed by atoms with E-state index in [1.54, 1.807) is 0 Å². The van der Waals surface area contributed by atoms with Gasteiger partial charge in [-0.3, -0.25) is 0 Å². The molecule has 0 aliphatic heterocycles. The van der Waals surface area contributed by atoms with Gasteiger partial charge in [-0.25, -0.2) is 0 Å². The number of benzene rings is 7. The molecule has 2 N–H and O–H groups in total. The Morgan fingerprint density at radius 1 is 0.481 bits per heavy atom. The molecule has 8 aromatic rings. The van der Waals surface area contributed by atoms with Crippen LogP contribution < -0.4 is 10.5 Å². The second-order valence-electron chi connectivity index (χ2n) is 13.7. The van der Waals surface area contributed by atoms with Crippen LogP contribution in [-0.4, -0.2) is 4.57 Å². The van der Waals surface area contributed by atoms with Crippen molar-refractivity contribution in [3.8, 4) is 44.8 Å². The van der Waals surface area contributed by atoms with Crippen LogP contribution in [0.1, 0.15) is 43.4 Å². The molecule has 0 bridgehead atoms. The van der Waals surface area contributed by atoms with E-state index < -0.39 is 0 Å². The van der Waals surface area contributed by atoms with E-state index in [4.69, 9.17) is 10.5 Å². The lowest BCUT2D eigenvalue weighted by Crippen LogP contribution is -1.98. The van der Waals surface area contributed by atoms with Gasteiger partial charge in [-0.1, -0.05) is 136 Å². The number of hydrogen-bond donors (Lipinski definition) is 1. The van der Waals surface area contributed by atoms with Crippen molar-refractivity contribution in [2.75, 3.05) is 5.73 Å². The first-order valence-electron chi connectivity index (χ1n) is 18.5. The zero-order chi connectivity index (χ0) is 35.4. The zero-order valence-electron chi connectivity index (χ0n) is 30.0. The summed E-state index contributed by atoms with van der Waals surface area (Å²) in [5.41, 5.74) is 21.5. The number of hydrogen-bond acceptors (Lipinski definition) is 2. The Morgan fingerprint density at radius 3 is 1.46 bits per heavy atom. The molecule has 0 saturated heterocycles. The largest absolute Gasteiger partial charge is 0.487 e. The van der Waals surface area contributed by atoms with E-state index in [9.17, 15) is 0 Å². The number of nitrogens with zero attached hydrogens (tertiary/aromatic N) is 1. The minimum Gasteiger partial charge on any atom is -0.487 e. The molecular formula is C49H44N2O. The Labute approximate surface area is 307 Å². The molecule has 0 atom stereocenters. The summed E-state index contributed by atoms with van der Waals surface area (Å²) in [7, 11) is 0. The first-order chi connectivity index (χ1) is 25.6. The van der Waals surface area contributed by atoms with Crippen molar-refractivity contribution in [1.82, 2.24) is 4.57 Å². The summed E-state index contributed by atoms with van der Waals surface area (Å²) < 4.78 is 8.44. The first kappa shape index (κ1) is 33.1. The summed E-state index contributed by atoms with van der Waals surface area (Å²) in [6.45, 7) is 4.97. The Bertz CT molecular complexity index is 2430. The molecule has 0 aliphatic rings.